The number of benzene rings is 1. The van der Waals surface area contributed by atoms with E-state index >= 15 is 0 Å². The Balaban J connectivity index is 1.82. The molecule has 1 saturated carbocycles. The molecule has 1 fully saturated rings. The van der Waals surface area contributed by atoms with Crippen LogP contribution >= 0.6 is 11.3 Å². The number of amides is 2. The Morgan fingerprint density at radius 2 is 1.83 bits per heavy atom. The molecule has 1 N–H and O–H groups in total. The maximum Gasteiger partial charge on any atom is 0.442 e. The number of halogens is 3. The summed E-state index contributed by atoms with van der Waals surface area (Å²) in [7, 11) is 0. The summed E-state index contributed by atoms with van der Waals surface area (Å²) in [5, 5.41) is 3.48. The first kappa shape index (κ1) is 19.6. The van der Waals surface area contributed by atoms with Crippen molar-refractivity contribution in [1.82, 2.24) is 10.2 Å². The third-order valence-electron chi connectivity index (χ3n) is 5.20. The second kappa shape index (κ2) is 7.29. The molecule has 2 heterocycles. The standard InChI is InChI=1S/C20H18F3N3O2S/c21-20(22,23)19(25-17(27)15-11-6-12-29-15)18(28)26(14-9-4-5-10-14)16(24-19)13-7-2-1-3-8-13/h1-3,6-8,11-12,14H,4-5,9-10H2,(H,25,27)/t19-/m1/s1. The zero-order valence-electron chi connectivity index (χ0n) is 15.3. The first-order chi connectivity index (χ1) is 13.8. The molecule has 29 heavy (non-hydrogen) atoms. The Kier molecular flexibility index (Phi) is 4.94. The van der Waals surface area contributed by atoms with E-state index in [4.69, 9.17) is 0 Å². The highest BCUT2D eigenvalue weighted by molar-refractivity contribution is 7.12. The number of aliphatic imine (C=N–C) groups is 1. The lowest BCUT2D eigenvalue weighted by molar-refractivity contribution is -0.196. The SMILES string of the molecule is O=C(N[C@]1(C(F)(F)F)N=C(c2ccccc2)N(C2CCCC2)C1=O)c1cccs1. The Hall–Kier alpha value is -2.68. The minimum absolute atomic E-state index is 0.0497. The van der Waals surface area contributed by atoms with Crippen LogP contribution in [0.3, 0.4) is 0 Å². The fourth-order valence-corrected chi connectivity index (χ4v) is 4.41. The van der Waals surface area contributed by atoms with E-state index in [9.17, 15) is 22.8 Å². The Labute approximate surface area is 169 Å². The second-order valence-electron chi connectivity index (χ2n) is 7.05. The first-order valence-electron chi connectivity index (χ1n) is 9.25. The molecule has 9 heteroatoms. The summed E-state index contributed by atoms with van der Waals surface area (Å²) in [6.45, 7) is 0. The highest BCUT2D eigenvalue weighted by Gasteiger charge is 2.68. The van der Waals surface area contributed by atoms with Gasteiger partial charge in [-0.3, -0.25) is 14.5 Å². The normalized spacial score (nSPS) is 22.8. The minimum atomic E-state index is -5.09. The van der Waals surface area contributed by atoms with Gasteiger partial charge < -0.3 is 5.32 Å². The van der Waals surface area contributed by atoms with Gasteiger partial charge in [0, 0.05) is 11.6 Å². The molecule has 1 aromatic heterocycles. The van der Waals surface area contributed by atoms with E-state index in [1.54, 1.807) is 41.8 Å². The van der Waals surface area contributed by atoms with Crippen molar-refractivity contribution in [2.24, 2.45) is 4.99 Å². The molecule has 1 aliphatic heterocycles. The fraction of sp³-hybridized carbons (Fsp3) is 0.350. The molecule has 1 aromatic carbocycles. The molecule has 0 radical (unpaired) electrons. The molecule has 1 atom stereocenters. The van der Waals surface area contributed by atoms with Crippen molar-refractivity contribution >= 4 is 29.0 Å². The molecule has 2 aromatic rings. The Morgan fingerprint density at radius 3 is 2.41 bits per heavy atom. The van der Waals surface area contributed by atoms with Gasteiger partial charge in [-0.15, -0.1) is 11.3 Å². The summed E-state index contributed by atoms with van der Waals surface area (Å²) in [6, 6.07) is 10.9. The predicted octanol–water partition coefficient (Wildman–Crippen LogP) is 3.97. The van der Waals surface area contributed by atoms with Crippen LogP contribution in [0.25, 0.3) is 0 Å². The smallest absolute Gasteiger partial charge is 0.311 e. The number of nitrogens with zero attached hydrogens (tertiary/aromatic N) is 2. The van der Waals surface area contributed by atoms with Gasteiger partial charge in [0.15, 0.2) is 0 Å². The van der Waals surface area contributed by atoms with Gasteiger partial charge in [-0.05, 0) is 24.3 Å². The summed E-state index contributed by atoms with van der Waals surface area (Å²) < 4.78 is 42.8. The number of thiophene rings is 1. The summed E-state index contributed by atoms with van der Waals surface area (Å²) in [6.07, 6.45) is -2.23. The molecule has 0 spiro atoms. The van der Waals surface area contributed by atoms with E-state index in [1.807, 2.05) is 5.32 Å². The zero-order chi connectivity index (χ0) is 20.6. The molecule has 4 rings (SSSR count). The molecule has 152 valence electrons. The molecule has 2 amide bonds. The summed E-state index contributed by atoms with van der Waals surface area (Å²) in [5.41, 5.74) is -2.92. The molecular weight excluding hydrogens is 403 g/mol. The Bertz CT molecular complexity index is 938. The number of carbonyl (C=O) groups excluding carboxylic acids is 2. The van der Waals surface area contributed by atoms with Crippen LogP contribution in [0.1, 0.15) is 40.9 Å². The van der Waals surface area contributed by atoms with E-state index < -0.39 is 23.7 Å². The van der Waals surface area contributed by atoms with Gasteiger partial charge >= 0.3 is 11.8 Å². The first-order valence-corrected chi connectivity index (χ1v) is 10.1. The van der Waals surface area contributed by atoms with Crippen LogP contribution in [0.5, 0.6) is 0 Å². The van der Waals surface area contributed by atoms with E-state index in [-0.39, 0.29) is 16.8 Å². The quantitative estimate of drug-likeness (QED) is 0.812. The van der Waals surface area contributed by atoms with Crippen molar-refractivity contribution < 1.29 is 22.8 Å². The van der Waals surface area contributed by atoms with Gasteiger partial charge in [-0.1, -0.05) is 49.2 Å². The van der Waals surface area contributed by atoms with Gasteiger partial charge in [-0.2, -0.15) is 13.2 Å². The monoisotopic (exact) mass is 421 g/mol. The number of hydrogen-bond donors (Lipinski definition) is 1. The van der Waals surface area contributed by atoms with E-state index in [0.717, 1.165) is 29.1 Å². The average Bonchev–Trinajstić information content (AvgIpc) is 3.43. The number of nitrogens with one attached hydrogen (secondary N) is 1. The largest absolute Gasteiger partial charge is 0.442 e. The number of amidine groups is 1. The molecule has 5 nitrogen and oxygen atoms in total. The molecule has 0 unspecified atom stereocenters. The number of alkyl halides is 3. The van der Waals surface area contributed by atoms with Gasteiger partial charge in [-0.25, -0.2) is 4.99 Å². The van der Waals surface area contributed by atoms with Gasteiger partial charge in [0.1, 0.15) is 5.84 Å². The molecule has 2 aliphatic rings. The van der Waals surface area contributed by atoms with Crippen molar-refractivity contribution in [2.75, 3.05) is 0 Å². The Morgan fingerprint density at radius 1 is 1.14 bits per heavy atom. The van der Waals surface area contributed by atoms with Crippen molar-refractivity contribution in [1.29, 1.82) is 0 Å². The highest BCUT2D eigenvalue weighted by atomic mass is 32.1. The second-order valence-corrected chi connectivity index (χ2v) is 8.00. The lowest BCUT2D eigenvalue weighted by atomic mass is 10.1. The van der Waals surface area contributed by atoms with Gasteiger partial charge in [0.05, 0.1) is 4.88 Å². The number of hydrogen-bond acceptors (Lipinski definition) is 4. The van der Waals surface area contributed by atoms with Crippen LogP contribution in [0.2, 0.25) is 0 Å². The van der Waals surface area contributed by atoms with E-state index in [0.29, 0.717) is 18.4 Å². The fourth-order valence-electron chi connectivity index (χ4n) is 3.79. The molecule has 0 saturated heterocycles. The van der Waals surface area contributed by atoms with Crippen molar-refractivity contribution in [3.63, 3.8) is 0 Å². The summed E-state index contributed by atoms with van der Waals surface area (Å²) >= 11 is 0.995. The van der Waals surface area contributed by atoms with Crippen LogP contribution in [-0.4, -0.2) is 40.4 Å². The van der Waals surface area contributed by atoms with Crippen molar-refractivity contribution in [3.05, 3.63) is 58.3 Å². The zero-order valence-corrected chi connectivity index (χ0v) is 16.1. The van der Waals surface area contributed by atoms with E-state index in [2.05, 4.69) is 4.99 Å². The summed E-state index contributed by atoms with van der Waals surface area (Å²) in [5.74, 6) is -2.28. The minimum Gasteiger partial charge on any atom is -0.311 e. The van der Waals surface area contributed by atoms with Crippen LogP contribution in [0.15, 0.2) is 52.8 Å². The topological polar surface area (TPSA) is 61.8 Å². The maximum absolute atomic E-state index is 14.3. The van der Waals surface area contributed by atoms with E-state index in [1.165, 1.54) is 6.07 Å². The molecule has 0 bridgehead atoms. The van der Waals surface area contributed by atoms with Crippen molar-refractivity contribution in [2.45, 2.75) is 43.6 Å². The van der Waals surface area contributed by atoms with Crippen LogP contribution in [0, 0.1) is 0 Å². The van der Waals surface area contributed by atoms with Crippen LogP contribution in [-0.2, 0) is 4.79 Å². The van der Waals surface area contributed by atoms with Crippen LogP contribution < -0.4 is 5.32 Å². The molecule has 1 aliphatic carbocycles. The van der Waals surface area contributed by atoms with Crippen molar-refractivity contribution in [3.8, 4) is 0 Å². The third-order valence-corrected chi connectivity index (χ3v) is 6.07. The van der Waals surface area contributed by atoms with Gasteiger partial charge in [0.2, 0.25) is 0 Å². The third kappa shape index (κ3) is 3.33. The van der Waals surface area contributed by atoms with Gasteiger partial charge in [0.25, 0.3) is 11.8 Å². The predicted molar refractivity (Wildman–Crippen MR) is 103 cm³/mol. The molecular formula is C20H18F3N3O2S. The highest BCUT2D eigenvalue weighted by Crippen LogP contribution is 2.41. The number of carbonyl (C=O) groups is 2. The lowest BCUT2D eigenvalue weighted by Crippen LogP contribution is -2.64. The maximum atomic E-state index is 14.3. The lowest BCUT2D eigenvalue weighted by Gasteiger charge is -2.31. The summed E-state index contributed by atoms with van der Waals surface area (Å²) in [4.78, 5) is 30.8. The van der Waals surface area contributed by atoms with Crippen LogP contribution in [0.4, 0.5) is 13.2 Å². The number of rotatable bonds is 4. The average molecular weight is 421 g/mol.